The minimum absolute atomic E-state index is 0.0131. The molecule has 3 fully saturated rings. The highest BCUT2D eigenvalue weighted by Gasteiger charge is 2.46. The van der Waals surface area contributed by atoms with Crippen LogP contribution < -0.4 is 15.5 Å². The predicted octanol–water partition coefficient (Wildman–Crippen LogP) is 3.41. The lowest BCUT2D eigenvalue weighted by Gasteiger charge is -2.17. The molecule has 214 valence electrons. The van der Waals surface area contributed by atoms with Crippen molar-refractivity contribution in [2.75, 3.05) is 29.1 Å². The number of aromatic nitrogens is 6. The van der Waals surface area contributed by atoms with Crippen LogP contribution in [0.5, 0.6) is 0 Å². The van der Waals surface area contributed by atoms with Crippen LogP contribution in [0.1, 0.15) is 66.8 Å². The maximum atomic E-state index is 12.9. The summed E-state index contributed by atoms with van der Waals surface area (Å²) in [5.41, 5.74) is 3.60. The Bertz CT molecular complexity index is 1750. The molecule has 7 rings (SSSR count). The molecule has 4 aromatic rings. The van der Waals surface area contributed by atoms with Crippen molar-refractivity contribution < 1.29 is 14.4 Å². The Morgan fingerprint density at radius 1 is 1.07 bits per heavy atom. The van der Waals surface area contributed by atoms with Crippen LogP contribution in [0.2, 0.25) is 0 Å². The van der Waals surface area contributed by atoms with E-state index < -0.39 is 0 Å². The summed E-state index contributed by atoms with van der Waals surface area (Å²) in [7, 11) is 1.49. The van der Waals surface area contributed by atoms with Crippen LogP contribution in [0.4, 0.5) is 22.2 Å². The topological polar surface area (TPSA) is 151 Å². The second kappa shape index (κ2) is 9.86. The van der Waals surface area contributed by atoms with E-state index in [1.807, 2.05) is 32.0 Å². The highest BCUT2D eigenvalue weighted by molar-refractivity contribution is 6.11. The highest BCUT2D eigenvalue weighted by Crippen LogP contribution is 2.46. The van der Waals surface area contributed by atoms with Crippen molar-refractivity contribution >= 4 is 40.8 Å². The Labute approximate surface area is 241 Å². The number of anilines is 3. The molecule has 2 N–H and O–H groups in total. The van der Waals surface area contributed by atoms with Crippen molar-refractivity contribution in [1.29, 1.82) is 0 Å². The van der Waals surface area contributed by atoms with Crippen LogP contribution >= 0.6 is 0 Å². The number of hydrogen-bond acceptors (Lipinski definition) is 9. The number of pyridine rings is 1. The van der Waals surface area contributed by atoms with Gasteiger partial charge in [-0.2, -0.15) is 5.10 Å². The number of nitrogens with one attached hydrogen (secondary N) is 2. The lowest BCUT2D eigenvalue weighted by molar-refractivity contribution is -0.124. The summed E-state index contributed by atoms with van der Waals surface area (Å²) >= 11 is 0. The van der Waals surface area contributed by atoms with Gasteiger partial charge in [-0.1, -0.05) is 0 Å². The van der Waals surface area contributed by atoms with Gasteiger partial charge >= 0.3 is 6.03 Å². The molecular formula is C29H30N10O3. The number of carbonyl (C=O) groups is 3. The van der Waals surface area contributed by atoms with Crippen molar-refractivity contribution in [3.05, 3.63) is 65.6 Å². The van der Waals surface area contributed by atoms with Gasteiger partial charge in [-0.05, 0) is 68.9 Å². The summed E-state index contributed by atoms with van der Waals surface area (Å²) in [6.45, 7) is 3.85. The highest BCUT2D eigenvalue weighted by atomic mass is 16.2. The van der Waals surface area contributed by atoms with Gasteiger partial charge in [0, 0.05) is 36.8 Å². The fraction of sp³-hybridized carbons (Fsp3) is 0.379. The van der Waals surface area contributed by atoms with Gasteiger partial charge in [0.05, 0.1) is 17.3 Å². The number of nitrogens with zero attached hydrogens (tertiary/aromatic N) is 8. The maximum Gasteiger partial charge on any atom is 0.332 e. The SMILES string of the molecule is Cc1ccnc([C@H]2C[C@@H]2C(=O)Nc2cc(N[C@@H](C)c3cc4cc(C5CC5)cc(N5CC(=O)N(C)C5=O)n4n3)ncn2)n1. The van der Waals surface area contributed by atoms with Gasteiger partial charge in [0.1, 0.15) is 36.2 Å². The van der Waals surface area contributed by atoms with Crippen molar-refractivity contribution in [2.24, 2.45) is 5.92 Å². The van der Waals surface area contributed by atoms with Gasteiger partial charge < -0.3 is 10.6 Å². The minimum Gasteiger partial charge on any atom is -0.362 e. The maximum absolute atomic E-state index is 12.9. The van der Waals surface area contributed by atoms with Crippen LogP contribution in [-0.2, 0) is 9.59 Å². The Morgan fingerprint density at radius 2 is 1.88 bits per heavy atom. The standard InChI is InChI=1S/C29H30N10O3/c1-15-6-7-30-27(33-15)20-11-21(20)28(41)35-24-12-23(31-14-32-24)34-16(2)22-10-19-8-18(17-4-5-17)9-25(39(19)36-22)38-13-26(40)37(3)29(38)42/h6-10,12,14,16-17,20-21H,4-5,11,13H2,1-3H3,(H2,31,32,34,35,41)/t16-,20-,21-/m0/s1. The van der Waals surface area contributed by atoms with Crippen molar-refractivity contribution in [2.45, 2.75) is 51.0 Å². The summed E-state index contributed by atoms with van der Waals surface area (Å²) in [6.07, 6.45) is 6.03. The molecule has 3 atom stereocenters. The van der Waals surface area contributed by atoms with E-state index in [1.54, 1.807) is 16.8 Å². The summed E-state index contributed by atoms with van der Waals surface area (Å²) < 4.78 is 1.72. The Balaban J connectivity index is 1.08. The first-order chi connectivity index (χ1) is 20.2. The van der Waals surface area contributed by atoms with Gasteiger partial charge in [0.2, 0.25) is 5.91 Å². The molecule has 0 bridgehead atoms. The second-order valence-corrected chi connectivity index (χ2v) is 11.3. The average molecular weight is 567 g/mol. The molecule has 1 aliphatic heterocycles. The van der Waals surface area contributed by atoms with E-state index in [-0.39, 0.29) is 42.3 Å². The zero-order valence-electron chi connectivity index (χ0n) is 23.5. The molecule has 42 heavy (non-hydrogen) atoms. The first-order valence-electron chi connectivity index (χ1n) is 14.1. The summed E-state index contributed by atoms with van der Waals surface area (Å²) in [5.74, 6) is 2.11. The molecule has 13 nitrogen and oxygen atoms in total. The predicted molar refractivity (Wildman–Crippen MR) is 153 cm³/mol. The van der Waals surface area contributed by atoms with Crippen LogP contribution in [-0.4, -0.2) is 65.9 Å². The van der Waals surface area contributed by atoms with E-state index in [1.165, 1.54) is 18.3 Å². The first kappa shape index (κ1) is 26.0. The third kappa shape index (κ3) is 4.80. The molecule has 4 amide bonds. The van der Waals surface area contributed by atoms with Crippen LogP contribution in [0.3, 0.4) is 0 Å². The monoisotopic (exact) mass is 566 g/mol. The molecule has 0 radical (unpaired) electrons. The Morgan fingerprint density at radius 3 is 2.62 bits per heavy atom. The molecule has 2 saturated carbocycles. The zero-order valence-corrected chi connectivity index (χ0v) is 23.5. The molecule has 4 aromatic heterocycles. The van der Waals surface area contributed by atoms with Crippen molar-refractivity contribution in [3.8, 4) is 0 Å². The Kier molecular flexibility index (Phi) is 6.10. The average Bonchev–Trinajstić information content (AvgIpc) is 3.90. The first-order valence-corrected chi connectivity index (χ1v) is 14.1. The fourth-order valence-corrected chi connectivity index (χ4v) is 5.39. The van der Waals surface area contributed by atoms with Crippen molar-refractivity contribution in [1.82, 2.24) is 34.4 Å². The second-order valence-electron chi connectivity index (χ2n) is 11.3. The molecule has 0 spiro atoms. The molecule has 0 unspecified atom stereocenters. The number of rotatable bonds is 8. The van der Waals surface area contributed by atoms with Gasteiger partial charge in [-0.25, -0.2) is 29.2 Å². The Hall–Kier alpha value is -4.94. The van der Waals surface area contributed by atoms with Crippen LogP contribution in [0.25, 0.3) is 5.52 Å². The number of carbonyl (C=O) groups excluding carboxylic acids is 3. The van der Waals surface area contributed by atoms with Gasteiger partial charge in [0.25, 0.3) is 5.91 Å². The number of amides is 4. The van der Waals surface area contributed by atoms with Gasteiger partial charge in [0.15, 0.2) is 0 Å². The van der Waals surface area contributed by atoms with Gasteiger partial charge in [-0.15, -0.1) is 0 Å². The third-order valence-corrected chi connectivity index (χ3v) is 8.09. The molecule has 0 aromatic carbocycles. The van der Waals surface area contributed by atoms with Crippen molar-refractivity contribution in [3.63, 3.8) is 0 Å². The summed E-state index contributed by atoms with van der Waals surface area (Å²) in [5, 5.41) is 11.0. The van der Waals surface area contributed by atoms with Gasteiger partial charge in [-0.3, -0.25) is 19.4 Å². The van der Waals surface area contributed by atoms with E-state index in [2.05, 4.69) is 36.6 Å². The van der Waals surface area contributed by atoms with E-state index >= 15 is 0 Å². The van der Waals surface area contributed by atoms with E-state index in [0.29, 0.717) is 35.6 Å². The largest absolute Gasteiger partial charge is 0.362 e. The van der Waals surface area contributed by atoms with Crippen LogP contribution in [0, 0.1) is 12.8 Å². The number of imide groups is 1. The summed E-state index contributed by atoms with van der Waals surface area (Å²) in [4.78, 5) is 57.9. The third-order valence-electron chi connectivity index (χ3n) is 8.09. The molecule has 1 saturated heterocycles. The molecule has 3 aliphatic rings. The zero-order chi connectivity index (χ0) is 29.1. The van der Waals surface area contributed by atoms with E-state index in [9.17, 15) is 14.4 Å². The minimum atomic E-state index is -0.364. The number of fused-ring (bicyclic) bond motifs is 1. The molecule has 5 heterocycles. The fourth-order valence-electron chi connectivity index (χ4n) is 5.39. The van der Waals surface area contributed by atoms with Crippen LogP contribution in [0.15, 0.2) is 42.9 Å². The van der Waals surface area contributed by atoms with E-state index in [4.69, 9.17) is 5.10 Å². The molecule has 13 heteroatoms. The van der Waals surface area contributed by atoms with E-state index in [0.717, 1.165) is 40.2 Å². The quantitative estimate of drug-likeness (QED) is 0.306. The summed E-state index contributed by atoms with van der Waals surface area (Å²) in [6, 6.07) is 8.95. The number of hydrogen-bond donors (Lipinski definition) is 2. The molecule has 2 aliphatic carbocycles. The normalized spacial score (nSPS) is 20.7. The lowest BCUT2D eigenvalue weighted by Crippen LogP contribution is -2.31. The number of urea groups is 1. The lowest BCUT2D eigenvalue weighted by atomic mass is 10.1. The molecular weight excluding hydrogens is 536 g/mol. The number of aryl methyl sites for hydroxylation is 1. The smallest absolute Gasteiger partial charge is 0.332 e. The number of likely N-dealkylation sites (N-methyl/N-ethyl adjacent to an activating group) is 1.